The fraction of sp³-hybridized carbons (Fsp3) is 0.909. The van der Waals surface area contributed by atoms with Gasteiger partial charge in [0.2, 0.25) is 5.91 Å². The number of nitrogens with two attached hydrogens (primary N) is 1. The summed E-state index contributed by atoms with van der Waals surface area (Å²) in [5.74, 6) is 0.559. The lowest BCUT2D eigenvalue weighted by molar-refractivity contribution is -0.133. The molecule has 0 aromatic carbocycles. The average Bonchev–Trinajstić information content (AvgIpc) is 2.59. The van der Waals surface area contributed by atoms with Crippen LogP contribution < -0.4 is 5.73 Å². The van der Waals surface area contributed by atoms with Crippen LogP contribution in [0, 0.1) is 5.92 Å². The first-order valence-corrected chi connectivity index (χ1v) is 8.02. The lowest BCUT2D eigenvalue weighted by atomic mass is 10.0. The fourth-order valence-electron chi connectivity index (χ4n) is 2.56. The lowest BCUT2D eigenvalue weighted by Crippen LogP contribution is -2.43. The van der Waals surface area contributed by atoms with Gasteiger partial charge in [0.25, 0.3) is 0 Å². The van der Waals surface area contributed by atoms with E-state index in [9.17, 15) is 13.2 Å². The summed E-state index contributed by atoms with van der Waals surface area (Å²) in [7, 11) is -2.87. The molecule has 0 spiro atoms. The molecule has 0 aromatic heterocycles. The highest BCUT2D eigenvalue weighted by atomic mass is 32.2. The van der Waals surface area contributed by atoms with Gasteiger partial charge in [0.1, 0.15) is 0 Å². The van der Waals surface area contributed by atoms with E-state index in [2.05, 4.69) is 0 Å². The monoisotopic (exact) mass is 260 g/mol. The molecule has 1 atom stereocenters. The number of piperidine rings is 1. The van der Waals surface area contributed by atoms with Crippen LogP contribution in [0.4, 0.5) is 0 Å². The van der Waals surface area contributed by atoms with Crippen LogP contribution in [0.25, 0.3) is 0 Å². The number of likely N-dealkylation sites (tertiary alicyclic amines) is 1. The predicted molar refractivity (Wildman–Crippen MR) is 65.2 cm³/mol. The van der Waals surface area contributed by atoms with Crippen molar-refractivity contribution in [2.24, 2.45) is 11.7 Å². The van der Waals surface area contributed by atoms with E-state index in [1.807, 2.05) is 4.90 Å². The van der Waals surface area contributed by atoms with Gasteiger partial charge in [-0.25, -0.2) is 8.42 Å². The van der Waals surface area contributed by atoms with Crippen LogP contribution in [-0.4, -0.2) is 49.9 Å². The molecule has 2 N–H and O–H groups in total. The summed E-state index contributed by atoms with van der Waals surface area (Å²) in [6, 6.07) is 0.214. The molecule has 2 fully saturated rings. The van der Waals surface area contributed by atoms with E-state index < -0.39 is 9.84 Å². The zero-order valence-corrected chi connectivity index (χ0v) is 10.8. The van der Waals surface area contributed by atoms with Gasteiger partial charge in [0.15, 0.2) is 9.84 Å². The molecule has 5 nitrogen and oxygen atoms in total. The quantitative estimate of drug-likeness (QED) is 0.743. The second-order valence-corrected chi connectivity index (χ2v) is 7.42. The van der Waals surface area contributed by atoms with Crippen molar-refractivity contribution in [1.29, 1.82) is 0 Å². The molecule has 0 aliphatic carbocycles. The number of carbonyl (C=O) groups is 1. The molecule has 1 amide bonds. The molecule has 0 aromatic rings. The molecule has 2 heterocycles. The standard InChI is InChI=1S/C11H20N2O3S/c12-10-1-4-13(5-2-10)11(14)7-9-3-6-17(15,16)8-9/h9-10H,1-8,12H2. The number of sulfone groups is 1. The molecule has 6 heteroatoms. The number of hydrogen-bond donors (Lipinski definition) is 1. The van der Waals surface area contributed by atoms with Crippen molar-refractivity contribution in [2.45, 2.75) is 31.7 Å². The SMILES string of the molecule is NC1CCN(C(=O)CC2CCS(=O)(=O)C2)CC1. The lowest BCUT2D eigenvalue weighted by Gasteiger charge is -2.30. The average molecular weight is 260 g/mol. The Morgan fingerprint density at radius 3 is 2.41 bits per heavy atom. The van der Waals surface area contributed by atoms with Crippen molar-refractivity contribution in [3.05, 3.63) is 0 Å². The molecule has 2 rings (SSSR count). The van der Waals surface area contributed by atoms with Gasteiger partial charge in [-0.2, -0.15) is 0 Å². The van der Waals surface area contributed by atoms with Crippen LogP contribution in [0.2, 0.25) is 0 Å². The van der Waals surface area contributed by atoms with Crippen molar-refractivity contribution in [1.82, 2.24) is 4.90 Å². The highest BCUT2D eigenvalue weighted by Crippen LogP contribution is 2.23. The molecule has 17 heavy (non-hydrogen) atoms. The second-order valence-electron chi connectivity index (χ2n) is 5.19. The molecule has 0 radical (unpaired) electrons. The summed E-state index contributed by atoms with van der Waals surface area (Å²) < 4.78 is 22.6. The molecule has 0 bridgehead atoms. The molecular weight excluding hydrogens is 240 g/mol. The topological polar surface area (TPSA) is 80.5 Å². The molecular formula is C11H20N2O3S. The molecule has 2 aliphatic heterocycles. The van der Waals surface area contributed by atoms with Crippen LogP contribution in [-0.2, 0) is 14.6 Å². The highest BCUT2D eigenvalue weighted by Gasteiger charge is 2.31. The van der Waals surface area contributed by atoms with Crippen LogP contribution in [0.1, 0.15) is 25.7 Å². The van der Waals surface area contributed by atoms with Crippen molar-refractivity contribution >= 4 is 15.7 Å². The first-order chi connectivity index (χ1) is 7.96. The van der Waals surface area contributed by atoms with E-state index in [1.54, 1.807) is 0 Å². The number of carbonyl (C=O) groups excluding carboxylic acids is 1. The fourth-order valence-corrected chi connectivity index (χ4v) is 4.42. The van der Waals surface area contributed by atoms with Crippen molar-refractivity contribution < 1.29 is 13.2 Å². The predicted octanol–water partition coefficient (Wildman–Crippen LogP) is -0.239. The first-order valence-electron chi connectivity index (χ1n) is 6.20. The zero-order chi connectivity index (χ0) is 12.5. The summed E-state index contributed by atoms with van der Waals surface area (Å²) in [6.07, 6.45) is 2.74. The third-order valence-electron chi connectivity index (χ3n) is 3.68. The normalized spacial score (nSPS) is 29.5. The molecule has 98 valence electrons. The maximum atomic E-state index is 12.0. The Labute approximate surface area is 102 Å². The summed E-state index contributed by atoms with van der Waals surface area (Å²) in [5, 5.41) is 0. The van der Waals surface area contributed by atoms with Gasteiger partial charge >= 0.3 is 0 Å². The second kappa shape index (κ2) is 4.94. The van der Waals surface area contributed by atoms with Gasteiger partial charge in [-0.05, 0) is 25.2 Å². The van der Waals surface area contributed by atoms with Gasteiger partial charge < -0.3 is 10.6 Å². The Bertz CT molecular complexity index is 386. The van der Waals surface area contributed by atoms with E-state index in [4.69, 9.17) is 5.73 Å². The maximum Gasteiger partial charge on any atom is 0.222 e. The van der Waals surface area contributed by atoms with Crippen LogP contribution in [0.5, 0.6) is 0 Å². The smallest absolute Gasteiger partial charge is 0.222 e. The van der Waals surface area contributed by atoms with E-state index in [0.717, 1.165) is 25.9 Å². The third-order valence-corrected chi connectivity index (χ3v) is 5.52. The number of rotatable bonds is 2. The zero-order valence-electron chi connectivity index (χ0n) is 9.97. The van der Waals surface area contributed by atoms with Gasteiger partial charge in [-0.3, -0.25) is 4.79 Å². The summed E-state index contributed by atoms with van der Waals surface area (Å²) in [4.78, 5) is 13.8. The van der Waals surface area contributed by atoms with Crippen molar-refractivity contribution in [2.75, 3.05) is 24.6 Å². The first kappa shape index (κ1) is 12.8. The number of hydrogen-bond acceptors (Lipinski definition) is 4. The van der Waals surface area contributed by atoms with Gasteiger partial charge in [-0.15, -0.1) is 0 Å². The number of amides is 1. The van der Waals surface area contributed by atoms with Gasteiger partial charge in [-0.1, -0.05) is 0 Å². The van der Waals surface area contributed by atoms with Crippen molar-refractivity contribution in [3.63, 3.8) is 0 Å². The third kappa shape index (κ3) is 3.42. The van der Waals surface area contributed by atoms with Crippen LogP contribution >= 0.6 is 0 Å². The Kier molecular flexibility index (Phi) is 3.73. The Morgan fingerprint density at radius 1 is 1.24 bits per heavy atom. The minimum Gasteiger partial charge on any atom is -0.343 e. The van der Waals surface area contributed by atoms with E-state index in [0.29, 0.717) is 12.8 Å². The minimum absolute atomic E-state index is 0.0306. The van der Waals surface area contributed by atoms with E-state index >= 15 is 0 Å². The maximum absolute atomic E-state index is 12.0. The minimum atomic E-state index is -2.87. The summed E-state index contributed by atoms with van der Waals surface area (Å²) in [5.41, 5.74) is 5.78. The van der Waals surface area contributed by atoms with E-state index in [1.165, 1.54) is 0 Å². The molecule has 1 unspecified atom stereocenters. The van der Waals surface area contributed by atoms with E-state index in [-0.39, 0.29) is 29.4 Å². The van der Waals surface area contributed by atoms with Crippen molar-refractivity contribution in [3.8, 4) is 0 Å². The largest absolute Gasteiger partial charge is 0.343 e. The summed E-state index contributed by atoms with van der Waals surface area (Å²) >= 11 is 0. The van der Waals surface area contributed by atoms with Gasteiger partial charge in [0, 0.05) is 25.6 Å². The summed E-state index contributed by atoms with van der Waals surface area (Å²) in [6.45, 7) is 1.44. The Hall–Kier alpha value is -0.620. The molecule has 2 aliphatic rings. The molecule has 0 saturated carbocycles. The van der Waals surface area contributed by atoms with Crippen LogP contribution in [0.15, 0.2) is 0 Å². The Balaban J connectivity index is 1.82. The molecule has 2 saturated heterocycles. The van der Waals surface area contributed by atoms with Gasteiger partial charge in [0.05, 0.1) is 11.5 Å². The van der Waals surface area contributed by atoms with Crippen LogP contribution in [0.3, 0.4) is 0 Å². The highest BCUT2D eigenvalue weighted by molar-refractivity contribution is 7.91. The Morgan fingerprint density at radius 2 is 1.88 bits per heavy atom. The number of nitrogens with zero attached hydrogens (tertiary/aromatic N) is 1.